The third-order valence-corrected chi connectivity index (χ3v) is 3.00. The SMILES string of the molecule is COCCc1noc(CN[C@@H](CCO)C(C)(C)C)n1. The molecule has 0 radical (unpaired) electrons. The quantitative estimate of drug-likeness (QED) is 0.738. The Kier molecular flexibility index (Phi) is 6.41. The molecule has 0 saturated carbocycles. The molecule has 1 aromatic rings. The number of hydrogen-bond acceptors (Lipinski definition) is 6. The van der Waals surface area contributed by atoms with Crippen LogP contribution < -0.4 is 5.32 Å². The zero-order chi connectivity index (χ0) is 14.3. The third-order valence-electron chi connectivity index (χ3n) is 3.00. The van der Waals surface area contributed by atoms with E-state index in [9.17, 15) is 0 Å². The summed E-state index contributed by atoms with van der Waals surface area (Å²) >= 11 is 0. The van der Waals surface area contributed by atoms with Gasteiger partial charge in [-0.15, -0.1) is 0 Å². The van der Waals surface area contributed by atoms with Gasteiger partial charge in [0.1, 0.15) is 0 Å². The molecule has 0 aliphatic rings. The molecule has 0 bridgehead atoms. The summed E-state index contributed by atoms with van der Waals surface area (Å²) in [4.78, 5) is 4.28. The summed E-state index contributed by atoms with van der Waals surface area (Å²) in [5.41, 5.74) is 0.0711. The van der Waals surface area contributed by atoms with Crippen LogP contribution in [0.25, 0.3) is 0 Å². The molecule has 0 amide bonds. The first-order chi connectivity index (χ1) is 8.97. The van der Waals surface area contributed by atoms with Gasteiger partial charge in [0, 0.05) is 26.2 Å². The molecule has 0 spiro atoms. The van der Waals surface area contributed by atoms with Crippen LogP contribution in [-0.4, -0.2) is 41.6 Å². The van der Waals surface area contributed by atoms with E-state index in [0.29, 0.717) is 37.7 Å². The molecule has 0 aromatic carbocycles. The molecular weight excluding hydrogens is 246 g/mol. The molecule has 6 nitrogen and oxygen atoms in total. The highest BCUT2D eigenvalue weighted by molar-refractivity contribution is 4.88. The monoisotopic (exact) mass is 271 g/mol. The average molecular weight is 271 g/mol. The van der Waals surface area contributed by atoms with Crippen molar-refractivity contribution in [2.45, 2.75) is 46.2 Å². The number of ether oxygens (including phenoxy) is 1. The minimum absolute atomic E-state index is 0.0711. The highest BCUT2D eigenvalue weighted by Gasteiger charge is 2.24. The first-order valence-corrected chi connectivity index (χ1v) is 6.62. The predicted octanol–water partition coefficient (Wildman–Crippen LogP) is 1.15. The zero-order valence-electron chi connectivity index (χ0n) is 12.3. The first kappa shape index (κ1) is 16.1. The number of aliphatic hydroxyl groups excluding tert-OH is 1. The Morgan fingerprint density at radius 3 is 2.74 bits per heavy atom. The second-order valence-corrected chi connectivity index (χ2v) is 5.66. The number of hydrogen-bond donors (Lipinski definition) is 2. The van der Waals surface area contributed by atoms with Crippen molar-refractivity contribution in [3.8, 4) is 0 Å². The van der Waals surface area contributed by atoms with E-state index in [2.05, 4.69) is 36.2 Å². The lowest BCUT2D eigenvalue weighted by Gasteiger charge is -2.30. The summed E-state index contributed by atoms with van der Waals surface area (Å²) < 4.78 is 10.1. The molecule has 0 fully saturated rings. The predicted molar refractivity (Wildman–Crippen MR) is 71.7 cm³/mol. The number of nitrogens with one attached hydrogen (secondary N) is 1. The van der Waals surface area contributed by atoms with Gasteiger partial charge in [0.05, 0.1) is 13.2 Å². The number of rotatable bonds is 8. The maximum atomic E-state index is 9.09. The summed E-state index contributed by atoms with van der Waals surface area (Å²) in [6.45, 7) is 7.68. The molecule has 1 aromatic heterocycles. The fourth-order valence-corrected chi connectivity index (χ4v) is 1.84. The minimum atomic E-state index is 0.0711. The van der Waals surface area contributed by atoms with Crippen molar-refractivity contribution in [1.29, 1.82) is 0 Å². The summed E-state index contributed by atoms with van der Waals surface area (Å²) in [5.74, 6) is 1.23. The van der Waals surface area contributed by atoms with E-state index in [4.69, 9.17) is 14.4 Å². The molecule has 19 heavy (non-hydrogen) atoms. The maximum absolute atomic E-state index is 9.09. The van der Waals surface area contributed by atoms with Crippen molar-refractivity contribution in [2.24, 2.45) is 5.41 Å². The van der Waals surface area contributed by atoms with Crippen molar-refractivity contribution in [2.75, 3.05) is 20.3 Å². The Hall–Kier alpha value is -0.980. The summed E-state index contributed by atoms with van der Waals surface area (Å²) in [5, 5.41) is 16.3. The van der Waals surface area contributed by atoms with Crippen LogP contribution in [0.15, 0.2) is 4.52 Å². The minimum Gasteiger partial charge on any atom is -0.396 e. The van der Waals surface area contributed by atoms with Gasteiger partial charge in [0.25, 0.3) is 0 Å². The van der Waals surface area contributed by atoms with Crippen LogP contribution in [0.1, 0.15) is 38.9 Å². The fourth-order valence-electron chi connectivity index (χ4n) is 1.84. The Bertz CT molecular complexity index is 360. The number of methoxy groups -OCH3 is 1. The van der Waals surface area contributed by atoms with E-state index >= 15 is 0 Å². The van der Waals surface area contributed by atoms with Gasteiger partial charge in [0.2, 0.25) is 5.89 Å². The fraction of sp³-hybridized carbons (Fsp3) is 0.846. The smallest absolute Gasteiger partial charge is 0.240 e. The van der Waals surface area contributed by atoms with Gasteiger partial charge in [-0.3, -0.25) is 0 Å². The Morgan fingerprint density at radius 2 is 2.16 bits per heavy atom. The van der Waals surface area contributed by atoms with Crippen molar-refractivity contribution in [3.05, 3.63) is 11.7 Å². The molecular formula is C13H25N3O3. The molecule has 1 atom stereocenters. The maximum Gasteiger partial charge on any atom is 0.240 e. The van der Waals surface area contributed by atoms with Crippen LogP contribution in [0.5, 0.6) is 0 Å². The molecule has 110 valence electrons. The second-order valence-electron chi connectivity index (χ2n) is 5.66. The molecule has 2 N–H and O–H groups in total. The van der Waals surface area contributed by atoms with Crippen molar-refractivity contribution >= 4 is 0 Å². The second kappa shape index (κ2) is 7.57. The number of aliphatic hydroxyl groups is 1. The third kappa shape index (κ3) is 5.67. The van der Waals surface area contributed by atoms with E-state index in [1.807, 2.05) is 0 Å². The van der Waals surface area contributed by atoms with E-state index in [1.165, 1.54) is 0 Å². The topological polar surface area (TPSA) is 80.4 Å². The van der Waals surface area contributed by atoms with Crippen molar-refractivity contribution in [3.63, 3.8) is 0 Å². The summed E-state index contributed by atoms with van der Waals surface area (Å²) in [6, 6.07) is 0.201. The van der Waals surface area contributed by atoms with E-state index in [-0.39, 0.29) is 18.1 Å². The lowest BCUT2D eigenvalue weighted by molar-refractivity contribution is 0.191. The lowest BCUT2D eigenvalue weighted by Crippen LogP contribution is -2.40. The highest BCUT2D eigenvalue weighted by atomic mass is 16.5. The van der Waals surface area contributed by atoms with Gasteiger partial charge in [-0.2, -0.15) is 4.98 Å². The van der Waals surface area contributed by atoms with Crippen LogP contribution in [0, 0.1) is 5.41 Å². The average Bonchev–Trinajstić information content (AvgIpc) is 2.78. The van der Waals surface area contributed by atoms with Crippen LogP contribution in [0.2, 0.25) is 0 Å². The lowest BCUT2D eigenvalue weighted by atomic mass is 9.85. The van der Waals surface area contributed by atoms with Crippen molar-refractivity contribution in [1.82, 2.24) is 15.5 Å². The van der Waals surface area contributed by atoms with Crippen LogP contribution >= 0.6 is 0 Å². The normalized spacial score (nSPS) is 13.7. The molecule has 1 heterocycles. The summed E-state index contributed by atoms with van der Waals surface area (Å²) in [6.07, 6.45) is 1.35. The van der Waals surface area contributed by atoms with Gasteiger partial charge >= 0.3 is 0 Å². The number of nitrogens with zero attached hydrogens (tertiary/aromatic N) is 2. The largest absolute Gasteiger partial charge is 0.396 e. The number of aromatic nitrogens is 2. The zero-order valence-corrected chi connectivity index (χ0v) is 12.3. The van der Waals surface area contributed by atoms with Crippen molar-refractivity contribution < 1.29 is 14.4 Å². The summed E-state index contributed by atoms with van der Waals surface area (Å²) in [7, 11) is 1.64. The standard InChI is InChI=1S/C13H25N3O3/c1-13(2,3)10(5-7-17)14-9-12-15-11(16-19-12)6-8-18-4/h10,14,17H,5-9H2,1-4H3/t10-/m0/s1. The molecule has 0 aliphatic heterocycles. The highest BCUT2D eigenvalue weighted by Crippen LogP contribution is 2.21. The van der Waals surface area contributed by atoms with Gasteiger partial charge in [0.15, 0.2) is 5.82 Å². The van der Waals surface area contributed by atoms with E-state index in [1.54, 1.807) is 7.11 Å². The van der Waals surface area contributed by atoms with E-state index < -0.39 is 0 Å². The van der Waals surface area contributed by atoms with Gasteiger partial charge in [-0.25, -0.2) is 0 Å². The van der Waals surface area contributed by atoms with Crippen LogP contribution in [0.3, 0.4) is 0 Å². The van der Waals surface area contributed by atoms with E-state index in [0.717, 1.165) is 0 Å². The Morgan fingerprint density at radius 1 is 1.42 bits per heavy atom. The van der Waals surface area contributed by atoms with Crippen LogP contribution in [0.4, 0.5) is 0 Å². The molecule has 0 aliphatic carbocycles. The molecule has 0 unspecified atom stereocenters. The van der Waals surface area contributed by atoms with Crippen LogP contribution in [-0.2, 0) is 17.7 Å². The van der Waals surface area contributed by atoms with Gasteiger partial charge in [-0.1, -0.05) is 25.9 Å². The first-order valence-electron chi connectivity index (χ1n) is 6.62. The Balaban J connectivity index is 2.47. The molecule has 0 saturated heterocycles. The molecule has 1 rings (SSSR count). The van der Waals surface area contributed by atoms with Gasteiger partial charge in [-0.05, 0) is 11.8 Å². The Labute approximate surface area is 114 Å². The van der Waals surface area contributed by atoms with Gasteiger partial charge < -0.3 is 19.7 Å². The molecule has 6 heteroatoms.